The predicted octanol–water partition coefficient (Wildman–Crippen LogP) is 3.47. The second-order valence-electron chi connectivity index (χ2n) is 5.04. The summed E-state index contributed by atoms with van der Waals surface area (Å²) in [4.78, 5) is 4.75. The first-order valence-corrected chi connectivity index (χ1v) is 9.17. The van der Waals surface area contributed by atoms with E-state index in [0.29, 0.717) is 25.7 Å². The molecule has 114 valence electrons. The van der Waals surface area contributed by atoms with E-state index in [0.717, 1.165) is 12.1 Å². The molecule has 0 aromatic heterocycles. The quantitative estimate of drug-likeness (QED) is 0.457. The smallest absolute Gasteiger partial charge is 0.373 e. The summed E-state index contributed by atoms with van der Waals surface area (Å²) in [7, 11) is -2.70. The van der Waals surface area contributed by atoms with E-state index in [2.05, 4.69) is 20.8 Å². The van der Waals surface area contributed by atoms with Gasteiger partial charge in [-0.3, -0.25) is 4.99 Å². The van der Waals surface area contributed by atoms with Gasteiger partial charge in [0.1, 0.15) is 5.67 Å². The molecule has 0 aliphatic rings. The Balaban J connectivity index is 5.00. The van der Waals surface area contributed by atoms with E-state index in [1.807, 2.05) is 27.7 Å². The average molecular weight is 289 g/mol. The highest BCUT2D eigenvalue weighted by Gasteiger charge is 2.47. The number of rotatable bonds is 10. The standard InChI is InChI=1S/C14H31NO3Si/c1-8-16-19(17-9-2,18-10-3)14(7)15-13(6)11-12(4)5/h12,14H,8-11H2,1-7H3/b15-13+. The molecule has 1 unspecified atom stereocenters. The van der Waals surface area contributed by atoms with Crippen LogP contribution in [0.2, 0.25) is 0 Å². The van der Waals surface area contributed by atoms with Gasteiger partial charge in [-0.2, -0.15) is 0 Å². The molecule has 0 saturated carbocycles. The molecule has 1 atom stereocenters. The van der Waals surface area contributed by atoms with Gasteiger partial charge in [0.15, 0.2) is 0 Å². The van der Waals surface area contributed by atoms with Crippen LogP contribution in [0.3, 0.4) is 0 Å². The molecule has 0 aromatic rings. The average Bonchev–Trinajstić information content (AvgIpc) is 2.28. The maximum Gasteiger partial charge on any atom is 0.526 e. The third-order valence-electron chi connectivity index (χ3n) is 2.67. The van der Waals surface area contributed by atoms with Gasteiger partial charge in [-0.15, -0.1) is 0 Å². The summed E-state index contributed by atoms with van der Waals surface area (Å²) in [6.45, 7) is 16.2. The number of hydrogen-bond acceptors (Lipinski definition) is 4. The Bertz CT molecular complexity index is 252. The third kappa shape index (κ3) is 6.65. The van der Waals surface area contributed by atoms with Crippen molar-refractivity contribution in [1.29, 1.82) is 0 Å². The van der Waals surface area contributed by atoms with Crippen LogP contribution in [-0.2, 0) is 13.3 Å². The van der Waals surface area contributed by atoms with E-state index >= 15 is 0 Å². The minimum Gasteiger partial charge on any atom is -0.373 e. The number of hydrogen-bond donors (Lipinski definition) is 0. The molecule has 0 aliphatic heterocycles. The topological polar surface area (TPSA) is 40.0 Å². The second-order valence-corrected chi connectivity index (χ2v) is 7.95. The van der Waals surface area contributed by atoms with Crippen molar-refractivity contribution in [1.82, 2.24) is 0 Å². The monoisotopic (exact) mass is 289 g/mol. The molecule has 4 nitrogen and oxygen atoms in total. The van der Waals surface area contributed by atoms with Crippen LogP contribution in [0.5, 0.6) is 0 Å². The molecule has 0 spiro atoms. The van der Waals surface area contributed by atoms with Crippen LogP contribution in [0.25, 0.3) is 0 Å². The fourth-order valence-electron chi connectivity index (χ4n) is 2.14. The first-order valence-electron chi connectivity index (χ1n) is 7.36. The first kappa shape index (κ1) is 18.8. The van der Waals surface area contributed by atoms with Crippen LogP contribution in [-0.4, -0.2) is 40.0 Å². The fourth-order valence-corrected chi connectivity index (χ4v) is 4.70. The molecule has 0 heterocycles. The Morgan fingerprint density at radius 2 is 1.37 bits per heavy atom. The van der Waals surface area contributed by atoms with Crippen LogP contribution in [0.1, 0.15) is 54.9 Å². The van der Waals surface area contributed by atoms with Crippen LogP contribution in [0, 0.1) is 5.92 Å². The minimum absolute atomic E-state index is 0.0499. The normalized spacial score (nSPS) is 15.1. The lowest BCUT2D eigenvalue weighted by molar-refractivity contribution is 0.0642. The van der Waals surface area contributed by atoms with Crippen LogP contribution in [0.15, 0.2) is 4.99 Å². The van der Waals surface area contributed by atoms with Gasteiger partial charge < -0.3 is 13.3 Å². The van der Waals surface area contributed by atoms with Gasteiger partial charge in [0.2, 0.25) is 0 Å². The Morgan fingerprint density at radius 3 is 1.68 bits per heavy atom. The van der Waals surface area contributed by atoms with Gasteiger partial charge in [0.05, 0.1) is 0 Å². The molecular formula is C14H31NO3Si. The zero-order valence-corrected chi connectivity index (χ0v) is 14.7. The summed E-state index contributed by atoms with van der Waals surface area (Å²) in [5.41, 5.74) is 1.09. The van der Waals surface area contributed by atoms with Gasteiger partial charge >= 0.3 is 8.80 Å². The van der Waals surface area contributed by atoms with E-state index < -0.39 is 8.80 Å². The predicted molar refractivity (Wildman–Crippen MR) is 82.7 cm³/mol. The maximum absolute atomic E-state index is 5.87. The Hall–Kier alpha value is -0.233. The van der Waals surface area contributed by atoms with Crippen LogP contribution < -0.4 is 0 Å². The zero-order chi connectivity index (χ0) is 14.9. The molecule has 0 bridgehead atoms. The Labute approximate surface area is 119 Å². The number of aliphatic imine (C=N–C) groups is 1. The number of nitrogens with zero attached hydrogens (tertiary/aromatic N) is 1. The Morgan fingerprint density at radius 1 is 0.947 bits per heavy atom. The molecule has 0 aliphatic carbocycles. The molecular weight excluding hydrogens is 258 g/mol. The van der Waals surface area contributed by atoms with Crippen molar-refractivity contribution < 1.29 is 13.3 Å². The van der Waals surface area contributed by atoms with E-state index in [1.165, 1.54) is 0 Å². The van der Waals surface area contributed by atoms with Gasteiger partial charge in [0.25, 0.3) is 0 Å². The van der Waals surface area contributed by atoms with Crippen LogP contribution >= 0.6 is 0 Å². The lowest BCUT2D eigenvalue weighted by atomic mass is 10.1. The second kappa shape index (κ2) is 9.64. The summed E-state index contributed by atoms with van der Waals surface area (Å²) >= 11 is 0. The van der Waals surface area contributed by atoms with E-state index in [9.17, 15) is 0 Å². The fraction of sp³-hybridized carbons (Fsp3) is 0.929. The molecule has 0 amide bonds. The van der Waals surface area contributed by atoms with Crippen molar-refractivity contribution in [3.05, 3.63) is 0 Å². The van der Waals surface area contributed by atoms with E-state index in [4.69, 9.17) is 18.3 Å². The minimum atomic E-state index is -2.70. The highest BCUT2D eigenvalue weighted by Crippen LogP contribution is 2.19. The highest BCUT2D eigenvalue weighted by atomic mass is 28.4. The SMILES string of the molecule is CCO[Si](OCC)(OCC)C(C)/N=C(\C)CC(C)C. The lowest BCUT2D eigenvalue weighted by Crippen LogP contribution is -2.55. The molecule has 0 radical (unpaired) electrons. The van der Waals surface area contributed by atoms with Gasteiger partial charge in [-0.25, -0.2) is 0 Å². The van der Waals surface area contributed by atoms with Gasteiger partial charge in [0, 0.05) is 25.5 Å². The van der Waals surface area contributed by atoms with Crippen molar-refractivity contribution >= 4 is 14.5 Å². The van der Waals surface area contributed by atoms with E-state index in [-0.39, 0.29) is 5.67 Å². The lowest BCUT2D eigenvalue weighted by Gasteiger charge is -2.31. The molecule has 0 saturated heterocycles. The highest BCUT2D eigenvalue weighted by molar-refractivity contribution is 6.62. The summed E-state index contributed by atoms with van der Waals surface area (Å²) in [6, 6.07) is 0. The summed E-state index contributed by atoms with van der Waals surface area (Å²) < 4.78 is 17.6. The van der Waals surface area contributed by atoms with Crippen molar-refractivity contribution in [2.24, 2.45) is 10.9 Å². The molecule has 0 rings (SSSR count). The molecule has 0 aromatic carbocycles. The molecule has 19 heavy (non-hydrogen) atoms. The molecule has 0 fully saturated rings. The van der Waals surface area contributed by atoms with Gasteiger partial charge in [-0.05, 0) is 47.0 Å². The zero-order valence-electron chi connectivity index (χ0n) is 13.7. The Kier molecular flexibility index (Phi) is 9.52. The third-order valence-corrected chi connectivity index (χ3v) is 5.89. The largest absolute Gasteiger partial charge is 0.526 e. The molecule has 5 heteroatoms. The van der Waals surface area contributed by atoms with Gasteiger partial charge in [-0.1, -0.05) is 13.8 Å². The van der Waals surface area contributed by atoms with Crippen molar-refractivity contribution in [3.63, 3.8) is 0 Å². The van der Waals surface area contributed by atoms with Crippen molar-refractivity contribution in [2.45, 2.75) is 60.6 Å². The summed E-state index contributed by atoms with van der Waals surface area (Å²) in [5, 5.41) is 0. The molecule has 0 N–H and O–H groups in total. The maximum atomic E-state index is 5.87. The summed E-state index contributed by atoms with van der Waals surface area (Å²) in [6.07, 6.45) is 0.999. The van der Waals surface area contributed by atoms with E-state index in [1.54, 1.807) is 0 Å². The summed E-state index contributed by atoms with van der Waals surface area (Å²) in [5.74, 6) is 0.610. The van der Waals surface area contributed by atoms with Crippen molar-refractivity contribution in [2.75, 3.05) is 19.8 Å². The first-order chi connectivity index (χ1) is 8.91. The van der Waals surface area contributed by atoms with Crippen molar-refractivity contribution in [3.8, 4) is 0 Å². The van der Waals surface area contributed by atoms with Crippen LogP contribution in [0.4, 0.5) is 0 Å².